The topological polar surface area (TPSA) is 26.0 Å². The number of hydrogen-bond acceptors (Lipinski definition) is 2. The molecular formula is C13H17NS. The molecule has 2 N–H and O–H groups in total. The van der Waals surface area contributed by atoms with Crippen LogP contribution < -0.4 is 5.73 Å². The molecule has 2 heteroatoms. The van der Waals surface area contributed by atoms with Gasteiger partial charge < -0.3 is 5.73 Å². The van der Waals surface area contributed by atoms with Crippen molar-refractivity contribution in [1.29, 1.82) is 0 Å². The van der Waals surface area contributed by atoms with Crippen molar-refractivity contribution in [3.63, 3.8) is 0 Å². The van der Waals surface area contributed by atoms with Gasteiger partial charge in [-0.15, -0.1) is 11.8 Å². The second-order valence-electron chi connectivity index (χ2n) is 4.60. The molecule has 2 aliphatic rings. The lowest BCUT2D eigenvalue weighted by Crippen LogP contribution is -2.18. The molecular weight excluding hydrogens is 202 g/mol. The number of rotatable bonds is 1. The lowest BCUT2D eigenvalue weighted by atomic mass is 9.99. The Balaban J connectivity index is 2.05. The first kappa shape index (κ1) is 9.73. The molecule has 1 heterocycles. The van der Waals surface area contributed by atoms with E-state index in [4.69, 9.17) is 5.73 Å². The summed E-state index contributed by atoms with van der Waals surface area (Å²) in [5.74, 6) is 0. The third kappa shape index (κ3) is 1.42. The summed E-state index contributed by atoms with van der Waals surface area (Å²) in [5.41, 5.74) is 10.8. The number of fused-ring (bicyclic) bond motifs is 2. The van der Waals surface area contributed by atoms with E-state index in [9.17, 15) is 0 Å². The van der Waals surface area contributed by atoms with Gasteiger partial charge in [-0.25, -0.2) is 0 Å². The summed E-state index contributed by atoms with van der Waals surface area (Å²) in [6.07, 6.45) is 5.03. The fourth-order valence-electron chi connectivity index (χ4n) is 2.76. The van der Waals surface area contributed by atoms with Gasteiger partial charge in [0.05, 0.1) is 0 Å². The summed E-state index contributed by atoms with van der Waals surface area (Å²) in [5, 5.41) is 0.600. The van der Waals surface area contributed by atoms with Gasteiger partial charge in [-0.05, 0) is 48.4 Å². The predicted octanol–water partition coefficient (Wildman–Crippen LogP) is 3.06. The van der Waals surface area contributed by atoms with Crippen LogP contribution in [0.5, 0.6) is 0 Å². The minimum absolute atomic E-state index is 0.265. The van der Waals surface area contributed by atoms with Crippen LogP contribution in [0.2, 0.25) is 0 Å². The van der Waals surface area contributed by atoms with E-state index in [1.807, 2.05) is 11.8 Å². The zero-order valence-corrected chi connectivity index (χ0v) is 9.94. The van der Waals surface area contributed by atoms with Crippen molar-refractivity contribution in [3.05, 3.63) is 28.8 Å². The molecule has 1 nitrogen and oxygen atoms in total. The average Bonchev–Trinajstić information content (AvgIpc) is 2.80. The SMILES string of the molecule is CCC1Sc2cc3c(cc2C1N)CCC3. The van der Waals surface area contributed by atoms with Crippen LogP contribution in [-0.2, 0) is 12.8 Å². The van der Waals surface area contributed by atoms with Crippen LogP contribution in [-0.4, -0.2) is 5.25 Å². The molecule has 0 radical (unpaired) electrons. The van der Waals surface area contributed by atoms with Gasteiger partial charge in [-0.1, -0.05) is 13.0 Å². The zero-order valence-electron chi connectivity index (χ0n) is 9.12. The fraction of sp³-hybridized carbons (Fsp3) is 0.538. The normalized spacial score (nSPS) is 27.9. The van der Waals surface area contributed by atoms with Gasteiger partial charge in [0.15, 0.2) is 0 Å². The Morgan fingerprint density at radius 1 is 1.33 bits per heavy atom. The first-order valence-corrected chi connectivity index (χ1v) is 6.75. The van der Waals surface area contributed by atoms with Crippen LogP contribution in [0.3, 0.4) is 0 Å². The Kier molecular flexibility index (Phi) is 2.29. The maximum atomic E-state index is 6.27. The van der Waals surface area contributed by atoms with Crippen molar-refractivity contribution in [2.45, 2.75) is 48.8 Å². The average molecular weight is 219 g/mol. The summed E-state index contributed by atoms with van der Waals surface area (Å²) in [4.78, 5) is 1.45. The van der Waals surface area contributed by atoms with Gasteiger partial charge in [0.2, 0.25) is 0 Å². The molecule has 0 saturated carbocycles. The molecule has 1 aliphatic heterocycles. The molecule has 0 spiro atoms. The monoisotopic (exact) mass is 219 g/mol. The van der Waals surface area contributed by atoms with Crippen molar-refractivity contribution in [2.75, 3.05) is 0 Å². The highest BCUT2D eigenvalue weighted by Gasteiger charge is 2.30. The van der Waals surface area contributed by atoms with Crippen molar-refractivity contribution in [2.24, 2.45) is 5.73 Å². The van der Waals surface area contributed by atoms with E-state index < -0.39 is 0 Å². The van der Waals surface area contributed by atoms with Crippen molar-refractivity contribution in [1.82, 2.24) is 0 Å². The Morgan fingerprint density at radius 2 is 2.07 bits per heavy atom. The van der Waals surface area contributed by atoms with Crippen LogP contribution in [0.25, 0.3) is 0 Å². The maximum absolute atomic E-state index is 6.27. The first-order valence-electron chi connectivity index (χ1n) is 5.87. The molecule has 1 aromatic rings. The highest BCUT2D eigenvalue weighted by atomic mass is 32.2. The number of thioether (sulfide) groups is 1. The summed E-state index contributed by atoms with van der Waals surface area (Å²) in [7, 11) is 0. The van der Waals surface area contributed by atoms with Crippen LogP contribution in [0.4, 0.5) is 0 Å². The standard InChI is InChI=1S/C13H17NS/c1-2-11-13(14)10-6-8-4-3-5-9(8)7-12(10)15-11/h6-7,11,13H,2-5,14H2,1H3. The van der Waals surface area contributed by atoms with E-state index in [0.29, 0.717) is 5.25 Å². The van der Waals surface area contributed by atoms with Crippen molar-refractivity contribution in [3.8, 4) is 0 Å². The summed E-state index contributed by atoms with van der Waals surface area (Å²) in [6, 6.07) is 5.05. The van der Waals surface area contributed by atoms with Crippen LogP contribution in [0, 0.1) is 0 Å². The maximum Gasteiger partial charge on any atom is 0.0430 e. The molecule has 80 valence electrons. The lowest BCUT2D eigenvalue weighted by Gasteiger charge is -2.12. The van der Waals surface area contributed by atoms with Gasteiger partial charge in [0, 0.05) is 16.2 Å². The molecule has 2 unspecified atom stereocenters. The second-order valence-corrected chi connectivity index (χ2v) is 5.88. The second kappa shape index (κ2) is 3.53. The van der Waals surface area contributed by atoms with Crippen LogP contribution in [0.15, 0.2) is 17.0 Å². The Bertz CT molecular complexity index is 400. The highest BCUT2D eigenvalue weighted by Crippen LogP contribution is 2.46. The minimum atomic E-state index is 0.265. The van der Waals surface area contributed by atoms with E-state index in [0.717, 1.165) is 0 Å². The Hall–Kier alpha value is -0.470. The molecule has 0 fully saturated rings. The van der Waals surface area contributed by atoms with Gasteiger partial charge in [0.1, 0.15) is 0 Å². The molecule has 0 aromatic heterocycles. The van der Waals surface area contributed by atoms with Crippen molar-refractivity contribution < 1.29 is 0 Å². The molecule has 0 amide bonds. The third-order valence-electron chi connectivity index (χ3n) is 3.66. The van der Waals surface area contributed by atoms with Crippen molar-refractivity contribution >= 4 is 11.8 Å². The van der Waals surface area contributed by atoms with E-state index >= 15 is 0 Å². The van der Waals surface area contributed by atoms with Gasteiger partial charge in [-0.3, -0.25) is 0 Å². The minimum Gasteiger partial charge on any atom is -0.323 e. The first-order chi connectivity index (χ1) is 7.29. The van der Waals surface area contributed by atoms with Crippen LogP contribution in [0.1, 0.15) is 42.5 Å². The summed E-state index contributed by atoms with van der Waals surface area (Å²) < 4.78 is 0. The molecule has 3 rings (SSSR count). The molecule has 0 bridgehead atoms. The molecule has 2 atom stereocenters. The third-order valence-corrected chi connectivity index (χ3v) is 5.20. The molecule has 1 aromatic carbocycles. The fourth-order valence-corrected chi connectivity index (χ4v) is 4.08. The molecule has 1 aliphatic carbocycles. The Labute approximate surface area is 95.4 Å². The van der Waals surface area contributed by atoms with E-state index in [1.54, 1.807) is 11.1 Å². The largest absolute Gasteiger partial charge is 0.323 e. The molecule has 15 heavy (non-hydrogen) atoms. The Morgan fingerprint density at radius 3 is 2.80 bits per heavy atom. The van der Waals surface area contributed by atoms with Gasteiger partial charge >= 0.3 is 0 Å². The number of hydrogen-bond donors (Lipinski definition) is 1. The van der Waals surface area contributed by atoms with Crippen LogP contribution >= 0.6 is 11.8 Å². The van der Waals surface area contributed by atoms with E-state index in [1.165, 1.54) is 36.1 Å². The zero-order chi connectivity index (χ0) is 10.4. The quantitative estimate of drug-likeness (QED) is 0.785. The van der Waals surface area contributed by atoms with E-state index in [-0.39, 0.29) is 6.04 Å². The van der Waals surface area contributed by atoms with E-state index in [2.05, 4.69) is 19.1 Å². The smallest absolute Gasteiger partial charge is 0.0430 e. The lowest BCUT2D eigenvalue weighted by molar-refractivity contribution is 0.666. The van der Waals surface area contributed by atoms with Gasteiger partial charge in [0.25, 0.3) is 0 Å². The summed E-state index contributed by atoms with van der Waals surface area (Å²) in [6.45, 7) is 2.23. The van der Waals surface area contributed by atoms with Gasteiger partial charge in [-0.2, -0.15) is 0 Å². The highest BCUT2D eigenvalue weighted by molar-refractivity contribution is 8.00. The number of aryl methyl sites for hydroxylation is 2. The number of nitrogens with two attached hydrogens (primary N) is 1. The summed E-state index contributed by atoms with van der Waals surface area (Å²) >= 11 is 1.99. The predicted molar refractivity (Wildman–Crippen MR) is 65.3 cm³/mol. The number of benzene rings is 1. The molecule has 0 saturated heterocycles.